The number of benzene rings is 2. The molecule has 0 N–H and O–H groups in total. The second-order valence-corrected chi connectivity index (χ2v) is 7.91. The normalized spacial score (nSPS) is 10.7. The van der Waals surface area contributed by atoms with Crippen LogP contribution in [-0.4, -0.2) is 14.2 Å². The van der Waals surface area contributed by atoms with Gasteiger partial charge in [0.15, 0.2) is 0 Å². The molecule has 0 spiro atoms. The molecule has 0 aliphatic heterocycles. The average Bonchev–Trinajstić information content (AvgIpc) is 2.83. The summed E-state index contributed by atoms with van der Waals surface area (Å²) < 4.78 is 24.3. The first kappa shape index (κ1) is 19.8. The van der Waals surface area contributed by atoms with Crippen molar-refractivity contribution in [3.8, 4) is 11.5 Å². The van der Waals surface area contributed by atoms with Crippen LogP contribution in [-0.2, 0) is 24.0 Å². The van der Waals surface area contributed by atoms with Gasteiger partial charge in [-0.15, -0.1) is 0 Å². The lowest BCUT2D eigenvalue weighted by Crippen LogP contribution is -1.99. The Morgan fingerprint density at radius 2 is 1.03 bits per heavy atom. The van der Waals surface area contributed by atoms with E-state index in [0.717, 1.165) is 11.4 Å². The van der Waals surface area contributed by atoms with Crippen LogP contribution in [0.4, 0.5) is 0 Å². The summed E-state index contributed by atoms with van der Waals surface area (Å²) in [5.41, 5.74) is 1.71. The number of pyridine rings is 2. The molecular weight excluding hydrogens is 396 g/mol. The lowest BCUT2D eigenvalue weighted by molar-refractivity contribution is 0.301. The number of hydrogen-bond acceptors (Lipinski definition) is 5. The van der Waals surface area contributed by atoms with Crippen molar-refractivity contribution in [2.45, 2.75) is 23.0 Å². The zero-order chi connectivity index (χ0) is 20.6. The molecule has 30 heavy (non-hydrogen) atoms. The fourth-order valence-corrected chi connectivity index (χ4v) is 3.78. The molecule has 6 heteroatoms. The predicted molar refractivity (Wildman–Crippen MR) is 115 cm³/mol. The first-order valence-electron chi connectivity index (χ1n) is 9.45. The van der Waals surface area contributed by atoms with Crippen LogP contribution in [0.25, 0.3) is 0 Å². The maximum Gasteiger partial charge on any atom is 0.130 e. The Labute approximate surface area is 177 Å². The molecule has 150 valence electrons. The van der Waals surface area contributed by atoms with Gasteiger partial charge in [0.1, 0.15) is 24.7 Å². The van der Waals surface area contributed by atoms with Gasteiger partial charge in [0, 0.05) is 22.2 Å². The Balaban J connectivity index is 1.34. The van der Waals surface area contributed by atoms with Gasteiger partial charge in [-0.3, -0.25) is 9.97 Å². The van der Waals surface area contributed by atoms with Gasteiger partial charge >= 0.3 is 0 Å². The summed E-state index contributed by atoms with van der Waals surface area (Å²) in [6.45, 7) is 0.784. The molecular formula is C24H20N2O3S. The highest BCUT2D eigenvalue weighted by molar-refractivity contribution is 7.85. The summed E-state index contributed by atoms with van der Waals surface area (Å²) >= 11 is 0. The van der Waals surface area contributed by atoms with Gasteiger partial charge in [-0.1, -0.05) is 12.1 Å². The minimum atomic E-state index is -1.28. The van der Waals surface area contributed by atoms with Crippen LogP contribution in [0.1, 0.15) is 11.4 Å². The monoisotopic (exact) mass is 416 g/mol. The van der Waals surface area contributed by atoms with E-state index in [1.807, 2.05) is 84.9 Å². The van der Waals surface area contributed by atoms with E-state index in [9.17, 15) is 4.21 Å². The first-order chi connectivity index (χ1) is 14.8. The van der Waals surface area contributed by atoms with E-state index in [2.05, 4.69) is 9.97 Å². The summed E-state index contributed by atoms with van der Waals surface area (Å²) in [6, 6.07) is 25.9. The molecule has 0 saturated heterocycles. The minimum Gasteiger partial charge on any atom is -0.487 e. The van der Waals surface area contributed by atoms with Gasteiger partial charge < -0.3 is 9.47 Å². The van der Waals surface area contributed by atoms with Crippen molar-refractivity contribution in [3.63, 3.8) is 0 Å². The average molecular weight is 417 g/mol. The lowest BCUT2D eigenvalue weighted by atomic mass is 10.3. The highest BCUT2D eigenvalue weighted by Gasteiger charge is 2.08. The van der Waals surface area contributed by atoms with E-state index in [0.29, 0.717) is 34.5 Å². The summed E-state index contributed by atoms with van der Waals surface area (Å²) in [6.07, 6.45) is 3.47. The van der Waals surface area contributed by atoms with Crippen molar-refractivity contribution in [1.82, 2.24) is 9.97 Å². The maximum absolute atomic E-state index is 12.8. The summed E-state index contributed by atoms with van der Waals surface area (Å²) in [7, 11) is -1.28. The Morgan fingerprint density at radius 1 is 0.600 bits per heavy atom. The van der Waals surface area contributed by atoms with Crippen LogP contribution in [0, 0.1) is 0 Å². The molecule has 2 aromatic heterocycles. The molecule has 0 atom stereocenters. The molecule has 2 heterocycles. The molecule has 0 fully saturated rings. The molecule has 0 bridgehead atoms. The van der Waals surface area contributed by atoms with E-state index in [1.54, 1.807) is 12.4 Å². The van der Waals surface area contributed by atoms with Crippen LogP contribution in [0.15, 0.2) is 107 Å². The van der Waals surface area contributed by atoms with E-state index >= 15 is 0 Å². The third-order valence-electron chi connectivity index (χ3n) is 4.30. The molecule has 4 aromatic rings. The second-order valence-electron chi connectivity index (χ2n) is 6.43. The molecule has 4 rings (SSSR count). The standard InChI is InChI=1S/C24H20N2O3S/c27-30(23-11-7-21(8-12-23)28-17-19-5-1-3-15-25-19)24-13-9-22(10-14-24)29-18-20-6-2-4-16-26-20/h1-16H,17-18H2. The van der Waals surface area contributed by atoms with Crippen LogP contribution >= 0.6 is 0 Å². The van der Waals surface area contributed by atoms with E-state index in [4.69, 9.17) is 9.47 Å². The van der Waals surface area contributed by atoms with E-state index in [1.165, 1.54) is 0 Å². The number of rotatable bonds is 8. The topological polar surface area (TPSA) is 61.3 Å². The van der Waals surface area contributed by atoms with Gasteiger partial charge in [-0.25, -0.2) is 4.21 Å². The second kappa shape index (κ2) is 9.80. The highest BCUT2D eigenvalue weighted by Crippen LogP contribution is 2.22. The smallest absolute Gasteiger partial charge is 0.130 e. The van der Waals surface area contributed by atoms with Crippen LogP contribution < -0.4 is 9.47 Å². The van der Waals surface area contributed by atoms with E-state index in [-0.39, 0.29) is 0 Å². The minimum absolute atomic E-state index is 0.392. The Morgan fingerprint density at radius 3 is 1.40 bits per heavy atom. The molecule has 0 unspecified atom stereocenters. The Bertz CT molecular complexity index is 998. The number of hydrogen-bond donors (Lipinski definition) is 0. The van der Waals surface area contributed by atoms with Crippen LogP contribution in [0.5, 0.6) is 11.5 Å². The van der Waals surface area contributed by atoms with E-state index < -0.39 is 10.8 Å². The fourth-order valence-electron chi connectivity index (χ4n) is 2.74. The zero-order valence-electron chi connectivity index (χ0n) is 16.2. The summed E-state index contributed by atoms with van der Waals surface area (Å²) in [5.74, 6) is 1.42. The summed E-state index contributed by atoms with van der Waals surface area (Å²) in [5, 5.41) is 0. The first-order valence-corrected chi connectivity index (χ1v) is 10.6. The van der Waals surface area contributed by atoms with Gasteiger partial charge in [-0.2, -0.15) is 0 Å². The lowest BCUT2D eigenvalue weighted by Gasteiger charge is -2.08. The Hall–Kier alpha value is -3.51. The predicted octanol–water partition coefficient (Wildman–Crippen LogP) is 4.80. The van der Waals surface area contributed by atoms with Gasteiger partial charge in [0.25, 0.3) is 0 Å². The van der Waals surface area contributed by atoms with Crippen molar-refractivity contribution in [2.75, 3.05) is 0 Å². The zero-order valence-corrected chi connectivity index (χ0v) is 17.0. The van der Waals surface area contributed by atoms with Crippen molar-refractivity contribution < 1.29 is 13.7 Å². The molecule has 0 aliphatic carbocycles. The van der Waals surface area contributed by atoms with Crippen LogP contribution in [0.2, 0.25) is 0 Å². The molecule has 0 radical (unpaired) electrons. The molecule has 2 aromatic carbocycles. The van der Waals surface area contributed by atoms with Crippen molar-refractivity contribution >= 4 is 10.8 Å². The molecule has 0 saturated carbocycles. The van der Waals surface area contributed by atoms with Gasteiger partial charge in [-0.05, 0) is 72.8 Å². The number of ether oxygens (including phenoxy) is 2. The largest absolute Gasteiger partial charge is 0.487 e. The SMILES string of the molecule is O=S(c1ccc(OCc2ccccn2)cc1)c1ccc(OCc2ccccn2)cc1. The van der Waals surface area contributed by atoms with Gasteiger partial charge in [0.05, 0.1) is 22.2 Å². The number of nitrogens with zero attached hydrogens (tertiary/aromatic N) is 2. The van der Waals surface area contributed by atoms with Crippen molar-refractivity contribution in [1.29, 1.82) is 0 Å². The Kier molecular flexibility index (Phi) is 6.47. The quantitative estimate of drug-likeness (QED) is 0.413. The van der Waals surface area contributed by atoms with Crippen LogP contribution in [0.3, 0.4) is 0 Å². The highest BCUT2D eigenvalue weighted by atomic mass is 32.2. The van der Waals surface area contributed by atoms with Crippen molar-refractivity contribution in [2.24, 2.45) is 0 Å². The van der Waals surface area contributed by atoms with Gasteiger partial charge in [0.2, 0.25) is 0 Å². The molecule has 5 nitrogen and oxygen atoms in total. The maximum atomic E-state index is 12.8. The molecule has 0 aliphatic rings. The fraction of sp³-hybridized carbons (Fsp3) is 0.0833. The third-order valence-corrected chi connectivity index (χ3v) is 5.70. The molecule has 0 amide bonds. The summed E-state index contributed by atoms with van der Waals surface area (Å²) in [4.78, 5) is 9.88. The number of aromatic nitrogens is 2. The third kappa shape index (κ3) is 5.30. The van der Waals surface area contributed by atoms with Crippen molar-refractivity contribution in [3.05, 3.63) is 109 Å².